The number of carbonyl (C=O) groups is 1. The van der Waals surface area contributed by atoms with Gasteiger partial charge in [0.1, 0.15) is 12.1 Å². The van der Waals surface area contributed by atoms with E-state index in [1.54, 1.807) is 23.3 Å². The number of nitrogens with zero attached hydrogens (tertiary/aromatic N) is 5. The minimum Gasteiger partial charge on any atom is -0.356 e. The van der Waals surface area contributed by atoms with Crippen molar-refractivity contribution in [3.8, 4) is 5.95 Å². The monoisotopic (exact) mass is 404 g/mol. The number of piperidine rings is 1. The number of hydrogen-bond donors (Lipinski definition) is 1. The van der Waals surface area contributed by atoms with E-state index in [0.717, 1.165) is 38.0 Å². The number of anilines is 1. The lowest BCUT2D eigenvalue weighted by Gasteiger charge is -2.36. The van der Waals surface area contributed by atoms with E-state index in [9.17, 15) is 4.79 Å². The van der Waals surface area contributed by atoms with Gasteiger partial charge in [-0.15, -0.1) is 0 Å². The molecule has 7 heteroatoms. The number of aryl methyl sites for hydroxylation is 1. The maximum Gasteiger partial charge on any atom is 0.236 e. The predicted molar refractivity (Wildman–Crippen MR) is 117 cm³/mol. The quantitative estimate of drug-likeness (QED) is 0.655. The van der Waals surface area contributed by atoms with Gasteiger partial charge in [0.25, 0.3) is 0 Å². The molecule has 1 saturated heterocycles. The van der Waals surface area contributed by atoms with Gasteiger partial charge in [-0.05, 0) is 44.2 Å². The molecule has 1 unspecified atom stereocenters. The van der Waals surface area contributed by atoms with Crippen LogP contribution in [0.25, 0.3) is 5.95 Å². The third-order valence-corrected chi connectivity index (χ3v) is 5.56. The van der Waals surface area contributed by atoms with E-state index < -0.39 is 0 Å². The molecular formula is C23H28N6O. The summed E-state index contributed by atoms with van der Waals surface area (Å²) in [6, 6.07) is 10.5. The zero-order chi connectivity index (χ0) is 20.8. The second kappa shape index (κ2) is 9.52. The Morgan fingerprint density at radius 1 is 1.17 bits per heavy atom. The van der Waals surface area contributed by atoms with Gasteiger partial charge in [0, 0.05) is 44.1 Å². The molecule has 0 saturated carbocycles. The molecular weight excluding hydrogens is 376 g/mol. The van der Waals surface area contributed by atoms with Crippen molar-refractivity contribution in [3.05, 3.63) is 66.4 Å². The zero-order valence-electron chi connectivity index (χ0n) is 17.4. The highest BCUT2D eigenvalue weighted by atomic mass is 16.1. The third kappa shape index (κ3) is 5.03. The average molecular weight is 405 g/mol. The van der Waals surface area contributed by atoms with Crippen LogP contribution in [-0.4, -0.2) is 44.6 Å². The number of amides is 1. The molecule has 2 aromatic heterocycles. The van der Waals surface area contributed by atoms with Crippen molar-refractivity contribution in [2.75, 3.05) is 18.0 Å². The van der Waals surface area contributed by atoms with Crippen molar-refractivity contribution < 1.29 is 4.79 Å². The molecule has 1 aliphatic rings. The SMILES string of the molecule is Cc1ccc(CCNC(=O)CC2CCCCN2c2ccnc(-n3ccnc3)n2)cc1. The highest BCUT2D eigenvalue weighted by Crippen LogP contribution is 2.25. The minimum atomic E-state index is 0.0999. The molecule has 7 nitrogen and oxygen atoms in total. The molecule has 0 aliphatic carbocycles. The van der Waals surface area contributed by atoms with Gasteiger partial charge in [-0.3, -0.25) is 9.36 Å². The first kappa shape index (κ1) is 20.1. The number of rotatable bonds is 7. The van der Waals surface area contributed by atoms with Crippen LogP contribution in [0.15, 0.2) is 55.2 Å². The topological polar surface area (TPSA) is 75.9 Å². The zero-order valence-corrected chi connectivity index (χ0v) is 17.4. The Morgan fingerprint density at radius 2 is 2.03 bits per heavy atom. The van der Waals surface area contributed by atoms with Crippen LogP contribution in [0, 0.1) is 6.92 Å². The van der Waals surface area contributed by atoms with Crippen molar-refractivity contribution >= 4 is 11.7 Å². The summed E-state index contributed by atoms with van der Waals surface area (Å²) in [6.45, 7) is 3.64. The Morgan fingerprint density at radius 3 is 2.83 bits per heavy atom. The van der Waals surface area contributed by atoms with Gasteiger partial charge >= 0.3 is 0 Å². The molecule has 1 atom stereocenters. The summed E-state index contributed by atoms with van der Waals surface area (Å²) in [5, 5.41) is 3.09. The van der Waals surface area contributed by atoms with Crippen LogP contribution in [0.5, 0.6) is 0 Å². The van der Waals surface area contributed by atoms with Crippen molar-refractivity contribution in [2.24, 2.45) is 0 Å². The second-order valence-electron chi connectivity index (χ2n) is 7.82. The fourth-order valence-corrected chi connectivity index (χ4v) is 3.90. The number of imidazole rings is 1. The Bertz CT molecular complexity index is 954. The van der Waals surface area contributed by atoms with Crippen LogP contribution in [0.3, 0.4) is 0 Å². The Kier molecular flexibility index (Phi) is 6.37. The standard InChI is InChI=1S/C23H28N6O/c1-18-5-7-19(8-6-18)9-11-25-22(30)16-20-4-2-3-14-29(20)21-10-12-26-23(27-21)28-15-13-24-17-28/h5-8,10,12-13,15,17,20H,2-4,9,11,14,16H2,1H3,(H,25,30). The van der Waals surface area contributed by atoms with Gasteiger partial charge in [-0.25, -0.2) is 9.97 Å². The van der Waals surface area contributed by atoms with Gasteiger partial charge in [-0.2, -0.15) is 4.98 Å². The second-order valence-corrected chi connectivity index (χ2v) is 7.82. The summed E-state index contributed by atoms with van der Waals surface area (Å²) in [4.78, 5) is 28.0. The fourth-order valence-electron chi connectivity index (χ4n) is 3.90. The maximum absolute atomic E-state index is 12.6. The van der Waals surface area contributed by atoms with Crippen LogP contribution >= 0.6 is 0 Å². The molecule has 1 N–H and O–H groups in total. The molecule has 1 aliphatic heterocycles. The number of carbonyl (C=O) groups excluding carboxylic acids is 1. The molecule has 1 aromatic carbocycles. The summed E-state index contributed by atoms with van der Waals surface area (Å²) in [5.41, 5.74) is 2.49. The molecule has 156 valence electrons. The molecule has 0 spiro atoms. The van der Waals surface area contributed by atoms with Gasteiger partial charge in [-0.1, -0.05) is 29.8 Å². The van der Waals surface area contributed by atoms with E-state index in [1.807, 2.05) is 12.3 Å². The van der Waals surface area contributed by atoms with Gasteiger partial charge in [0.15, 0.2) is 0 Å². The molecule has 0 bridgehead atoms. The summed E-state index contributed by atoms with van der Waals surface area (Å²) in [6.07, 6.45) is 11.6. The van der Waals surface area contributed by atoms with E-state index >= 15 is 0 Å². The Balaban J connectivity index is 1.36. The fraction of sp³-hybridized carbons (Fsp3) is 0.391. The van der Waals surface area contributed by atoms with Crippen LogP contribution in [-0.2, 0) is 11.2 Å². The summed E-state index contributed by atoms with van der Waals surface area (Å²) < 4.78 is 1.79. The Labute approximate surface area is 177 Å². The lowest BCUT2D eigenvalue weighted by molar-refractivity contribution is -0.121. The van der Waals surface area contributed by atoms with Crippen molar-refractivity contribution in [2.45, 2.75) is 45.1 Å². The number of aromatic nitrogens is 4. The van der Waals surface area contributed by atoms with Crippen LogP contribution in [0.4, 0.5) is 5.82 Å². The maximum atomic E-state index is 12.6. The molecule has 3 heterocycles. The number of hydrogen-bond acceptors (Lipinski definition) is 5. The first-order valence-corrected chi connectivity index (χ1v) is 10.6. The summed E-state index contributed by atoms with van der Waals surface area (Å²) >= 11 is 0. The largest absolute Gasteiger partial charge is 0.356 e. The molecule has 30 heavy (non-hydrogen) atoms. The molecule has 4 rings (SSSR count). The van der Waals surface area contributed by atoms with Gasteiger partial charge in [0.2, 0.25) is 11.9 Å². The van der Waals surface area contributed by atoms with Gasteiger partial charge in [0.05, 0.1) is 0 Å². The van der Waals surface area contributed by atoms with Crippen LogP contribution < -0.4 is 10.2 Å². The van der Waals surface area contributed by atoms with E-state index in [2.05, 4.69) is 51.4 Å². The normalized spacial score (nSPS) is 16.4. The van der Waals surface area contributed by atoms with E-state index in [1.165, 1.54) is 11.1 Å². The van der Waals surface area contributed by atoms with Gasteiger partial charge < -0.3 is 10.2 Å². The summed E-state index contributed by atoms with van der Waals surface area (Å²) in [5.74, 6) is 1.56. The lowest BCUT2D eigenvalue weighted by Crippen LogP contribution is -2.43. The highest BCUT2D eigenvalue weighted by Gasteiger charge is 2.26. The van der Waals surface area contributed by atoms with E-state index in [-0.39, 0.29) is 11.9 Å². The van der Waals surface area contributed by atoms with Crippen molar-refractivity contribution in [1.82, 2.24) is 24.8 Å². The first-order valence-electron chi connectivity index (χ1n) is 10.6. The summed E-state index contributed by atoms with van der Waals surface area (Å²) in [7, 11) is 0. The van der Waals surface area contributed by atoms with Crippen molar-refractivity contribution in [1.29, 1.82) is 0 Å². The molecule has 1 amide bonds. The molecule has 0 radical (unpaired) electrons. The molecule has 3 aromatic rings. The third-order valence-electron chi connectivity index (χ3n) is 5.56. The minimum absolute atomic E-state index is 0.0999. The van der Waals surface area contributed by atoms with Crippen LogP contribution in [0.1, 0.15) is 36.8 Å². The average Bonchev–Trinajstić information content (AvgIpc) is 3.31. The van der Waals surface area contributed by atoms with Crippen molar-refractivity contribution in [3.63, 3.8) is 0 Å². The predicted octanol–water partition coefficient (Wildman–Crippen LogP) is 3.08. The number of nitrogens with one attached hydrogen (secondary N) is 1. The van der Waals surface area contributed by atoms with E-state index in [4.69, 9.17) is 4.98 Å². The first-order chi connectivity index (χ1) is 14.7. The Hall–Kier alpha value is -3.22. The van der Waals surface area contributed by atoms with Crippen LogP contribution in [0.2, 0.25) is 0 Å². The smallest absolute Gasteiger partial charge is 0.236 e. The highest BCUT2D eigenvalue weighted by molar-refractivity contribution is 5.77. The van der Waals surface area contributed by atoms with E-state index in [0.29, 0.717) is 18.9 Å². The molecule has 1 fully saturated rings. The number of benzene rings is 1. The lowest BCUT2D eigenvalue weighted by atomic mass is 9.99.